The van der Waals surface area contributed by atoms with E-state index in [0.717, 1.165) is 0 Å². The number of hydrogen-bond donors (Lipinski definition) is 3. The van der Waals surface area contributed by atoms with E-state index in [4.69, 9.17) is 55.2 Å². The number of aromatic nitrogens is 4. The van der Waals surface area contributed by atoms with Crippen LogP contribution >= 0.6 is 34.8 Å². The number of nitrogens with two attached hydrogens (primary N) is 1. The second-order valence-electron chi connectivity index (χ2n) is 9.13. The number of halogens is 4. The summed E-state index contributed by atoms with van der Waals surface area (Å²) in [6.07, 6.45) is 3.94. The number of fused-ring (bicyclic) bond motifs is 1. The van der Waals surface area contributed by atoms with E-state index in [1.54, 1.807) is 18.3 Å². The van der Waals surface area contributed by atoms with E-state index < -0.39 is 6.36 Å². The van der Waals surface area contributed by atoms with Crippen LogP contribution in [0.2, 0.25) is 15.1 Å². The molecule has 0 unspecified atom stereocenters. The van der Waals surface area contributed by atoms with Crippen LogP contribution in [0.25, 0.3) is 11.2 Å². The van der Waals surface area contributed by atoms with Crippen LogP contribution in [0.4, 0.5) is 22.0 Å². The number of benzene rings is 1. The first-order valence-corrected chi connectivity index (χ1v) is 12.9. The van der Waals surface area contributed by atoms with Crippen molar-refractivity contribution in [2.75, 3.05) is 17.2 Å². The molecule has 2 fully saturated rings. The number of carbonyl (C=O) groups is 1. The lowest BCUT2D eigenvalue weighted by molar-refractivity contribution is -0.122. The highest BCUT2D eigenvalue weighted by molar-refractivity contribution is 6.41. The molecule has 1 amide bonds. The second kappa shape index (κ2) is 10.5. The average molecular weight is 557 g/mol. The van der Waals surface area contributed by atoms with E-state index in [-0.39, 0.29) is 30.3 Å². The number of nitrogens with one attached hydrogen (secondary N) is 2. The average Bonchev–Trinajstić information content (AvgIpc) is 3.18. The Morgan fingerprint density at radius 2 is 1.83 bits per heavy atom. The Hall–Kier alpha value is -2.40. The maximum absolute atomic E-state index is 13.7. The van der Waals surface area contributed by atoms with E-state index in [1.165, 1.54) is 0 Å². The predicted molar refractivity (Wildman–Crippen MR) is 138 cm³/mol. The highest BCUT2D eigenvalue weighted by Crippen LogP contribution is 2.40. The Morgan fingerprint density at radius 3 is 2.50 bits per heavy atom. The number of nitrogens with zero attached hydrogens (tertiary/aromatic N) is 4. The number of imidazole rings is 1. The van der Waals surface area contributed by atoms with Crippen molar-refractivity contribution in [3.8, 4) is 0 Å². The zero-order valence-corrected chi connectivity index (χ0v) is 21.5. The highest BCUT2D eigenvalue weighted by Gasteiger charge is 2.30. The molecule has 13 heteroatoms. The van der Waals surface area contributed by atoms with Gasteiger partial charge >= 0.3 is 0 Å². The van der Waals surface area contributed by atoms with Crippen molar-refractivity contribution in [3.05, 3.63) is 33.4 Å². The van der Waals surface area contributed by atoms with Crippen LogP contribution in [-0.4, -0.2) is 44.4 Å². The summed E-state index contributed by atoms with van der Waals surface area (Å²) in [5, 5.41) is 7.57. The number of rotatable bonds is 6. The van der Waals surface area contributed by atoms with Gasteiger partial charge in [0.05, 0.1) is 28.5 Å². The topological polar surface area (TPSA) is 120 Å². The summed E-state index contributed by atoms with van der Waals surface area (Å²) in [5.41, 5.74) is 7.17. The summed E-state index contributed by atoms with van der Waals surface area (Å²) in [7, 11) is 0. The molecule has 0 radical (unpaired) electrons. The Bertz CT molecular complexity index is 1260. The predicted octanol–water partition coefficient (Wildman–Crippen LogP) is 5.63. The van der Waals surface area contributed by atoms with Gasteiger partial charge in [-0.05, 0) is 44.2 Å². The number of amides is 1. The second-order valence-corrected chi connectivity index (χ2v) is 10.4. The molecule has 0 spiro atoms. The lowest BCUT2D eigenvalue weighted by Crippen LogP contribution is -2.32. The maximum Gasteiger partial charge on any atom is 0.224 e. The van der Waals surface area contributed by atoms with Gasteiger partial charge in [-0.3, -0.25) is 9.36 Å². The summed E-state index contributed by atoms with van der Waals surface area (Å²) in [6, 6.07) is 3.05. The fourth-order valence-electron chi connectivity index (χ4n) is 4.85. The third-order valence-electron chi connectivity index (χ3n) is 6.71. The normalized spacial score (nSPS) is 24.6. The summed E-state index contributed by atoms with van der Waals surface area (Å²) >= 11 is 18.9. The van der Waals surface area contributed by atoms with Gasteiger partial charge in [-0.15, -0.1) is 0 Å². The largest absolute Gasteiger partial charge is 0.369 e. The minimum Gasteiger partial charge on any atom is -0.369 e. The van der Waals surface area contributed by atoms with Gasteiger partial charge in [0.15, 0.2) is 5.65 Å². The molecular weight excluding hydrogens is 532 g/mol. The Kier molecular flexibility index (Phi) is 7.39. The van der Waals surface area contributed by atoms with Gasteiger partial charge < -0.3 is 21.1 Å². The zero-order chi connectivity index (χ0) is 25.4. The van der Waals surface area contributed by atoms with Crippen molar-refractivity contribution >= 4 is 69.5 Å². The fraction of sp³-hybridized carbons (Fsp3) is 0.478. The molecule has 1 aliphatic carbocycles. The first-order chi connectivity index (χ1) is 17.3. The smallest absolute Gasteiger partial charge is 0.224 e. The van der Waals surface area contributed by atoms with E-state index in [2.05, 4.69) is 15.6 Å². The molecule has 1 aromatic carbocycles. The Balaban J connectivity index is 1.51. The van der Waals surface area contributed by atoms with Crippen molar-refractivity contribution in [3.63, 3.8) is 0 Å². The molecule has 3 aromatic rings. The molecule has 4 N–H and O–H groups in total. The molecule has 2 atom stereocenters. The molecule has 1 aliphatic heterocycles. The minimum atomic E-state index is -1.31. The van der Waals surface area contributed by atoms with Crippen LogP contribution in [0.3, 0.4) is 0 Å². The van der Waals surface area contributed by atoms with E-state index in [9.17, 15) is 9.18 Å². The van der Waals surface area contributed by atoms with Crippen molar-refractivity contribution in [1.82, 2.24) is 19.5 Å². The van der Waals surface area contributed by atoms with Crippen molar-refractivity contribution < 1.29 is 13.9 Å². The van der Waals surface area contributed by atoms with E-state index in [1.807, 2.05) is 4.57 Å². The Labute approximate surface area is 221 Å². The van der Waals surface area contributed by atoms with Gasteiger partial charge in [0.2, 0.25) is 24.2 Å². The number of carbonyl (C=O) groups excluding carboxylic acids is 1. The van der Waals surface area contributed by atoms with Gasteiger partial charge in [-0.1, -0.05) is 34.8 Å². The minimum absolute atomic E-state index is 0.000922. The van der Waals surface area contributed by atoms with Crippen LogP contribution < -0.4 is 16.4 Å². The SMILES string of the molecule is NC(=O)C1CCC(n2c(Nc3c(Cl)cc(Cl)cc3Cl)nc3cnc(N[C@H]4CCO[C@@H](F)C4)nc32)CC1. The molecule has 1 saturated carbocycles. The molecular formula is C23H25Cl3FN7O2. The van der Waals surface area contributed by atoms with Crippen LogP contribution in [0.15, 0.2) is 18.3 Å². The first kappa shape index (κ1) is 25.3. The van der Waals surface area contributed by atoms with Crippen LogP contribution in [-0.2, 0) is 9.53 Å². The number of ether oxygens (including phenoxy) is 1. The molecule has 2 aromatic heterocycles. The third kappa shape index (κ3) is 5.32. The maximum atomic E-state index is 13.7. The number of anilines is 3. The van der Waals surface area contributed by atoms with Gasteiger partial charge in [-0.2, -0.15) is 4.98 Å². The van der Waals surface area contributed by atoms with Crippen LogP contribution in [0, 0.1) is 5.92 Å². The van der Waals surface area contributed by atoms with E-state index in [0.29, 0.717) is 82.5 Å². The van der Waals surface area contributed by atoms with Gasteiger partial charge in [0, 0.05) is 29.4 Å². The monoisotopic (exact) mass is 555 g/mol. The zero-order valence-electron chi connectivity index (χ0n) is 19.2. The summed E-state index contributed by atoms with van der Waals surface area (Å²) in [5.74, 6) is 0.433. The quantitative estimate of drug-likeness (QED) is 0.360. The molecule has 9 nitrogen and oxygen atoms in total. The van der Waals surface area contributed by atoms with Gasteiger partial charge in [-0.25, -0.2) is 14.4 Å². The number of hydrogen-bond acceptors (Lipinski definition) is 7. The van der Waals surface area contributed by atoms with Gasteiger partial charge in [0.1, 0.15) is 5.52 Å². The fourth-order valence-corrected chi connectivity index (χ4v) is 5.76. The lowest BCUT2D eigenvalue weighted by Gasteiger charge is -2.29. The van der Waals surface area contributed by atoms with Gasteiger partial charge in [0.25, 0.3) is 0 Å². The van der Waals surface area contributed by atoms with Crippen LogP contribution in [0.1, 0.15) is 44.6 Å². The molecule has 1 saturated heterocycles. The summed E-state index contributed by atoms with van der Waals surface area (Å²) in [6.45, 7) is 0.332. The van der Waals surface area contributed by atoms with Crippen molar-refractivity contribution in [2.45, 2.75) is 57.0 Å². The Morgan fingerprint density at radius 1 is 1.11 bits per heavy atom. The molecule has 192 valence electrons. The molecule has 0 bridgehead atoms. The van der Waals surface area contributed by atoms with E-state index >= 15 is 0 Å². The first-order valence-electron chi connectivity index (χ1n) is 11.8. The lowest BCUT2D eigenvalue weighted by atomic mass is 9.85. The molecule has 2 aliphatic rings. The van der Waals surface area contributed by atoms with Crippen molar-refractivity contribution in [2.24, 2.45) is 11.7 Å². The third-order valence-corrected chi connectivity index (χ3v) is 7.52. The number of primary amides is 1. The van der Waals surface area contributed by atoms with Crippen molar-refractivity contribution in [1.29, 1.82) is 0 Å². The summed E-state index contributed by atoms with van der Waals surface area (Å²) in [4.78, 5) is 25.6. The molecule has 3 heterocycles. The standard InChI is InChI=1S/C23H25Cl3FN7O2/c24-12-7-15(25)19(16(26)8-12)32-23-31-17-10-29-22(30-13-5-6-36-18(27)9-13)33-21(17)34(23)14-3-1-11(2-4-14)20(28)35/h7-8,10-11,13-14,18H,1-6,9H2,(H2,28,35)(H,31,32)(H,29,30,33)/t11?,13-,14?,18+/m0/s1. The number of alkyl halides is 1. The molecule has 36 heavy (non-hydrogen) atoms. The highest BCUT2D eigenvalue weighted by atomic mass is 35.5. The molecule has 5 rings (SSSR count). The summed E-state index contributed by atoms with van der Waals surface area (Å²) < 4.78 is 20.7. The van der Waals surface area contributed by atoms with Crippen LogP contribution in [0.5, 0.6) is 0 Å².